The molecule has 0 amide bonds. The van der Waals surface area contributed by atoms with Crippen LogP contribution >= 0.6 is 0 Å². The van der Waals surface area contributed by atoms with Crippen LogP contribution in [0.5, 0.6) is 0 Å². The summed E-state index contributed by atoms with van der Waals surface area (Å²) < 4.78 is 5.80. The summed E-state index contributed by atoms with van der Waals surface area (Å²) in [5.41, 5.74) is 1.67. The minimum absolute atomic E-state index is 0.639. The molecule has 0 radical (unpaired) electrons. The molecule has 3 aromatic rings. The molecule has 0 fully saturated rings. The van der Waals surface area contributed by atoms with E-state index in [9.17, 15) is 0 Å². The lowest BCUT2D eigenvalue weighted by atomic mass is 10.2. The zero-order valence-corrected chi connectivity index (χ0v) is 10.8. The molecule has 0 unspecified atom stereocenters. The lowest BCUT2D eigenvalue weighted by Crippen LogP contribution is -2.04. The molecule has 19 heavy (non-hydrogen) atoms. The fourth-order valence-corrected chi connectivity index (χ4v) is 1.93. The highest BCUT2D eigenvalue weighted by Gasteiger charge is 2.08. The van der Waals surface area contributed by atoms with Crippen LogP contribution in [-0.2, 0) is 0 Å². The number of hydrogen-bond donors (Lipinski definition) is 1. The Kier molecular flexibility index (Phi) is 3.14. The third-order valence-corrected chi connectivity index (χ3v) is 2.87. The molecule has 1 aromatic carbocycles. The molecule has 0 saturated heterocycles. The Labute approximate surface area is 111 Å². The number of anilines is 1. The number of fused-ring (bicyclic) bond motifs is 1. The number of para-hydroxylation sites is 1. The molecule has 0 aliphatic rings. The van der Waals surface area contributed by atoms with Crippen LogP contribution in [0.15, 0.2) is 47.0 Å². The van der Waals surface area contributed by atoms with Gasteiger partial charge in [0.15, 0.2) is 5.76 Å². The fourth-order valence-electron chi connectivity index (χ4n) is 1.93. The van der Waals surface area contributed by atoms with Crippen molar-refractivity contribution >= 4 is 16.9 Å². The van der Waals surface area contributed by atoms with E-state index in [1.165, 1.54) is 0 Å². The fraction of sp³-hybridized carbons (Fsp3) is 0.200. The van der Waals surface area contributed by atoms with Crippen LogP contribution in [0.2, 0.25) is 0 Å². The standard InChI is InChI=1S/C15H15N3O/c1-2-8-16-15-17-9-7-12(18-15)14-10-11-5-3-4-6-13(11)19-14/h3-7,9-10H,2,8H2,1H3,(H,16,17,18). The van der Waals surface area contributed by atoms with Crippen molar-refractivity contribution in [3.8, 4) is 11.5 Å². The van der Waals surface area contributed by atoms with Gasteiger partial charge in [0.2, 0.25) is 5.95 Å². The molecule has 3 rings (SSSR count). The maximum absolute atomic E-state index is 5.80. The number of rotatable bonds is 4. The van der Waals surface area contributed by atoms with Crippen LogP contribution in [0.4, 0.5) is 5.95 Å². The number of aromatic nitrogens is 2. The van der Waals surface area contributed by atoms with Gasteiger partial charge in [-0.05, 0) is 24.6 Å². The number of hydrogen-bond acceptors (Lipinski definition) is 4. The zero-order valence-electron chi connectivity index (χ0n) is 10.8. The molecule has 1 N–H and O–H groups in total. The van der Waals surface area contributed by atoms with Crippen LogP contribution in [0, 0.1) is 0 Å². The first-order valence-electron chi connectivity index (χ1n) is 6.42. The Bertz CT molecular complexity index is 657. The van der Waals surface area contributed by atoms with Crippen LogP contribution < -0.4 is 5.32 Å². The van der Waals surface area contributed by atoms with E-state index in [0.29, 0.717) is 5.95 Å². The van der Waals surface area contributed by atoms with E-state index in [0.717, 1.165) is 35.4 Å². The Morgan fingerprint density at radius 2 is 2.11 bits per heavy atom. The maximum atomic E-state index is 5.80. The molecule has 0 spiro atoms. The van der Waals surface area contributed by atoms with E-state index in [2.05, 4.69) is 22.2 Å². The second-order valence-corrected chi connectivity index (χ2v) is 4.34. The van der Waals surface area contributed by atoms with Crippen molar-refractivity contribution < 1.29 is 4.42 Å². The van der Waals surface area contributed by atoms with Crippen molar-refractivity contribution in [1.82, 2.24) is 9.97 Å². The minimum Gasteiger partial charge on any atom is -0.454 e. The quantitative estimate of drug-likeness (QED) is 0.770. The summed E-state index contributed by atoms with van der Waals surface area (Å²) in [6.45, 7) is 2.97. The Morgan fingerprint density at radius 3 is 2.95 bits per heavy atom. The van der Waals surface area contributed by atoms with E-state index in [1.807, 2.05) is 36.4 Å². The SMILES string of the molecule is CCCNc1nccc(-c2cc3ccccc3o2)n1. The molecular formula is C15H15N3O. The summed E-state index contributed by atoms with van der Waals surface area (Å²) in [5, 5.41) is 4.26. The first kappa shape index (κ1) is 11.7. The van der Waals surface area contributed by atoms with E-state index < -0.39 is 0 Å². The Morgan fingerprint density at radius 1 is 1.21 bits per heavy atom. The van der Waals surface area contributed by atoms with Gasteiger partial charge in [-0.25, -0.2) is 9.97 Å². The van der Waals surface area contributed by atoms with Crippen molar-refractivity contribution in [2.45, 2.75) is 13.3 Å². The molecule has 0 aliphatic heterocycles. The predicted octanol–water partition coefficient (Wildman–Crippen LogP) is 3.71. The van der Waals surface area contributed by atoms with Gasteiger partial charge in [-0.1, -0.05) is 25.1 Å². The normalized spacial score (nSPS) is 10.8. The summed E-state index contributed by atoms with van der Waals surface area (Å²) in [6, 6.07) is 11.8. The summed E-state index contributed by atoms with van der Waals surface area (Å²) >= 11 is 0. The lowest BCUT2D eigenvalue weighted by molar-refractivity contribution is 0.628. The first-order valence-corrected chi connectivity index (χ1v) is 6.42. The maximum Gasteiger partial charge on any atom is 0.223 e. The van der Waals surface area contributed by atoms with Crippen molar-refractivity contribution in [3.63, 3.8) is 0 Å². The van der Waals surface area contributed by atoms with Gasteiger partial charge >= 0.3 is 0 Å². The smallest absolute Gasteiger partial charge is 0.223 e. The van der Waals surface area contributed by atoms with E-state index >= 15 is 0 Å². The number of nitrogens with one attached hydrogen (secondary N) is 1. The second-order valence-electron chi connectivity index (χ2n) is 4.34. The summed E-state index contributed by atoms with van der Waals surface area (Å²) in [5.74, 6) is 1.41. The Balaban J connectivity index is 1.96. The van der Waals surface area contributed by atoms with Crippen LogP contribution in [0.1, 0.15) is 13.3 Å². The van der Waals surface area contributed by atoms with Gasteiger partial charge in [0.1, 0.15) is 11.3 Å². The molecule has 96 valence electrons. The minimum atomic E-state index is 0.639. The van der Waals surface area contributed by atoms with Gasteiger partial charge in [-0.15, -0.1) is 0 Å². The van der Waals surface area contributed by atoms with Gasteiger partial charge in [-0.3, -0.25) is 0 Å². The summed E-state index contributed by atoms with van der Waals surface area (Å²) in [4.78, 5) is 8.65. The van der Waals surface area contributed by atoms with Crippen molar-refractivity contribution in [2.75, 3.05) is 11.9 Å². The largest absolute Gasteiger partial charge is 0.454 e. The van der Waals surface area contributed by atoms with Crippen LogP contribution in [-0.4, -0.2) is 16.5 Å². The molecule has 2 aromatic heterocycles. The van der Waals surface area contributed by atoms with E-state index in [1.54, 1.807) is 6.20 Å². The van der Waals surface area contributed by atoms with Crippen LogP contribution in [0.3, 0.4) is 0 Å². The number of benzene rings is 1. The molecule has 0 bridgehead atoms. The average molecular weight is 253 g/mol. The highest BCUT2D eigenvalue weighted by atomic mass is 16.3. The van der Waals surface area contributed by atoms with Gasteiger partial charge in [0.25, 0.3) is 0 Å². The third-order valence-electron chi connectivity index (χ3n) is 2.87. The molecule has 2 heterocycles. The van der Waals surface area contributed by atoms with Crippen LogP contribution in [0.25, 0.3) is 22.4 Å². The third kappa shape index (κ3) is 2.42. The van der Waals surface area contributed by atoms with Gasteiger partial charge in [0.05, 0.1) is 0 Å². The molecule has 0 saturated carbocycles. The monoisotopic (exact) mass is 253 g/mol. The first-order chi connectivity index (χ1) is 9.36. The molecular weight excluding hydrogens is 238 g/mol. The molecule has 4 heteroatoms. The van der Waals surface area contributed by atoms with E-state index in [4.69, 9.17) is 4.42 Å². The van der Waals surface area contributed by atoms with Crippen molar-refractivity contribution in [1.29, 1.82) is 0 Å². The second kappa shape index (κ2) is 5.10. The summed E-state index contributed by atoms with van der Waals surface area (Å²) in [7, 11) is 0. The predicted molar refractivity (Wildman–Crippen MR) is 76.0 cm³/mol. The zero-order chi connectivity index (χ0) is 13.1. The number of nitrogens with zero attached hydrogens (tertiary/aromatic N) is 2. The molecule has 0 atom stereocenters. The van der Waals surface area contributed by atoms with Crippen molar-refractivity contribution in [2.24, 2.45) is 0 Å². The Hall–Kier alpha value is -2.36. The molecule has 4 nitrogen and oxygen atoms in total. The topological polar surface area (TPSA) is 51.0 Å². The van der Waals surface area contributed by atoms with Gasteiger partial charge in [0, 0.05) is 18.1 Å². The molecule has 0 aliphatic carbocycles. The van der Waals surface area contributed by atoms with Gasteiger partial charge in [-0.2, -0.15) is 0 Å². The summed E-state index contributed by atoms with van der Waals surface area (Å²) in [6.07, 6.45) is 2.78. The highest BCUT2D eigenvalue weighted by molar-refractivity contribution is 5.82. The highest BCUT2D eigenvalue weighted by Crippen LogP contribution is 2.26. The lowest BCUT2D eigenvalue weighted by Gasteiger charge is -2.03. The average Bonchev–Trinajstić information content (AvgIpc) is 2.89. The van der Waals surface area contributed by atoms with E-state index in [-0.39, 0.29) is 0 Å². The van der Waals surface area contributed by atoms with Crippen molar-refractivity contribution in [3.05, 3.63) is 42.6 Å². The number of furan rings is 1. The van der Waals surface area contributed by atoms with Gasteiger partial charge < -0.3 is 9.73 Å².